The molecular weight excluding hydrogens is 318 g/mol. The van der Waals surface area contributed by atoms with Crippen LogP contribution in [0.2, 0.25) is 0 Å². The topological polar surface area (TPSA) is 12.0 Å². The highest BCUT2D eigenvalue weighted by atomic mass is 79.9. The summed E-state index contributed by atoms with van der Waals surface area (Å²) in [6.07, 6.45) is 2.66. The van der Waals surface area contributed by atoms with E-state index in [1.54, 1.807) is 0 Å². The number of halogens is 1. The van der Waals surface area contributed by atoms with Crippen LogP contribution in [0.5, 0.6) is 0 Å². The first-order chi connectivity index (χ1) is 9.31. The second kappa shape index (κ2) is 6.12. The van der Waals surface area contributed by atoms with Crippen LogP contribution in [0.3, 0.4) is 0 Å². The Kier molecular flexibility index (Phi) is 4.26. The molecule has 0 aliphatic heterocycles. The van der Waals surface area contributed by atoms with Gasteiger partial charge in [0.1, 0.15) is 0 Å². The fourth-order valence-electron chi connectivity index (χ4n) is 1.93. The second-order valence-electron chi connectivity index (χ2n) is 4.82. The van der Waals surface area contributed by atoms with Crippen molar-refractivity contribution in [1.82, 2.24) is 5.32 Å². The minimum atomic E-state index is 0.748. The van der Waals surface area contributed by atoms with Gasteiger partial charge in [-0.3, -0.25) is 0 Å². The first-order valence-corrected chi connectivity index (χ1v) is 8.17. The Morgan fingerprint density at radius 1 is 1.11 bits per heavy atom. The molecule has 0 bridgehead atoms. The molecule has 2 aromatic rings. The third kappa shape index (κ3) is 3.85. The third-order valence-corrected chi connectivity index (χ3v) is 4.76. The van der Waals surface area contributed by atoms with E-state index in [2.05, 4.69) is 69.8 Å². The summed E-state index contributed by atoms with van der Waals surface area (Å²) in [6, 6.07) is 17.8. The Bertz CT molecular complexity index is 552. The molecule has 1 aliphatic carbocycles. The Labute approximate surface area is 126 Å². The van der Waals surface area contributed by atoms with Crippen molar-refractivity contribution in [2.75, 3.05) is 0 Å². The molecule has 3 heteroatoms. The number of hydrogen-bond donors (Lipinski definition) is 1. The van der Waals surface area contributed by atoms with E-state index >= 15 is 0 Å². The molecule has 0 heterocycles. The summed E-state index contributed by atoms with van der Waals surface area (Å²) in [6.45, 7) is 0.965. The van der Waals surface area contributed by atoms with Crippen LogP contribution in [0.25, 0.3) is 0 Å². The summed E-state index contributed by atoms with van der Waals surface area (Å²) in [5, 5.41) is 3.59. The van der Waals surface area contributed by atoms with Crippen LogP contribution in [0, 0.1) is 0 Å². The predicted molar refractivity (Wildman–Crippen MR) is 84.6 cm³/mol. The first-order valence-electron chi connectivity index (χ1n) is 6.56. The molecule has 1 nitrogen and oxygen atoms in total. The maximum atomic E-state index is 3.59. The van der Waals surface area contributed by atoms with E-state index in [4.69, 9.17) is 0 Å². The smallest absolute Gasteiger partial charge is 0.0219 e. The standard InChI is InChI=1S/C16H16BrNS/c17-13-7-6-12(11-18-14-8-9-14)16(10-13)19-15-4-2-1-3-5-15/h1-7,10,14,18H,8-9,11H2. The maximum absolute atomic E-state index is 3.59. The van der Waals surface area contributed by atoms with Gasteiger partial charge in [0.25, 0.3) is 0 Å². The van der Waals surface area contributed by atoms with Gasteiger partial charge in [-0.05, 0) is 42.7 Å². The van der Waals surface area contributed by atoms with Gasteiger partial charge in [-0.25, -0.2) is 0 Å². The fraction of sp³-hybridized carbons (Fsp3) is 0.250. The largest absolute Gasteiger partial charge is 0.310 e. The molecule has 0 spiro atoms. The van der Waals surface area contributed by atoms with Gasteiger partial charge < -0.3 is 5.32 Å². The van der Waals surface area contributed by atoms with Crippen molar-refractivity contribution in [2.24, 2.45) is 0 Å². The Morgan fingerprint density at radius 2 is 1.89 bits per heavy atom. The van der Waals surface area contributed by atoms with Crippen LogP contribution in [-0.2, 0) is 6.54 Å². The average Bonchev–Trinajstić information content (AvgIpc) is 3.23. The zero-order valence-corrected chi connectivity index (χ0v) is 13.0. The third-order valence-electron chi connectivity index (χ3n) is 3.16. The van der Waals surface area contributed by atoms with Crippen molar-refractivity contribution < 1.29 is 0 Å². The van der Waals surface area contributed by atoms with Crippen molar-refractivity contribution in [2.45, 2.75) is 35.2 Å². The lowest BCUT2D eigenvalue weighted by Crippen LogP contribution is -2.15. The highest BCUT2D eigenvalue weighted by Gasteiger charge is 2.20. The van der Waals surface area contributed by atoms with E-state index in [-0.39, 0.29) is 0 Å². The molecule has 3 rings (SSSR count). The molecule has 1 N–H and O–H groups in total. The first kappa shape index (κ1) is 13.2. The highest BCUT2D eigenvalue weighted by Crippen LogP contribution is 2.33. The van der Waals surface area contributed by atoms with Gasteiger partial charge in [0.15, 0.2) is 0 Å². The minimum Gasteiger partial charge on any atom is -0.310 e. The maximum Gasteiger partial charge on any atom is 0.0219 e. The zero-order chi connectivity index (χ0) is 13.1. The van der Waals surface area contributed by atoms with E-state index in [0.29, 0.717) is 0 Å². The van der Waals surface area contributed by atoms with Crippen molar-refractivity contribution in [3.05, 3.63) is 58.6 Å². The Morgan fingerprint density at radius 3 is 2.63 bits per heavy atom. The van der Waals surface area contributed by atoms with Crippen LogP contribution in [0.15, 0.2) is 62.8 Å². The van der Waals surface area contributed by atoms with Gasteiger partial charge in [-0.15, -0.1) is 0 Å². The zero-order valence-electron chi connectivity index (χ0n) is 10.6. The van der Waals surface area contributed by atoms with E-state index in [1.807, 2.05) is 11.8 Å². The summed E-state index contributed by atoms with van der Waals surface area (Å²) >= 11 is 5.40. The van der Waals surface area contributed by atoms with Gasteiger partial charge in [-0.1, -0.05) is 52.0 Å². The molecule has 1 saturated carbocycles. The molecule has 98 valence electrons. The van der Waals surface area contributed by atoms with E-state index in [1.165, 1.54) is 28.2 Å². The highest BCUT2D eigenvalue weighted by molar-refractivity contribution is 9.10. The molecule has 0 amide bonds. The normalized spacial score (nSPS) is 14.6. The molecule has 1 fully saturated rings. The van der Waals surface area contributed by atoms with Crippen molar-refractivity contribution in [1.29, 1.82) is 0 Å². The summed E-state index contributed by atoms with van der Waals surface area (Å²) in [5.41, 5.74) is 1.38. The van der Waals surface area contributed by atoms with Crippen molar-refractivity contribution >= 4 is 27.7 Å². The van der Waals surface area contributed by atoms with E-state index in [0.717, 1.165) is 17.1 Å². The SMILES string of the molecule is Brc1ccc(CNC2CC2)c(Sc2ccccc2)c1. The van der Waals surface area contributed by atoms with Crippen LogP contribution in [-0.4, -0.2) is 6.04 Å². The number of hydrogen-bond acceptors (Lipinski definition) is 2. The average molecular weight is 334 g/mol. The molecule has 19 heavy (non-hydrogen) atoms. The monoisotopic (exact) mass is 333 g/mol. The molecule has 0 unspecified atom stereocenters. The minimum absolute atomic E-state index is 0.748. The number of nitrogens with one attached hydrogen (secondary N) is 1. The Hall–Kier alpha value is -0.770. The lowest BCUT2D eigenvalue weighted by Gasteiger charge is -2.10. The summed E-state index contributed by atoms with van der Waals surface area (Å²) in [4.78, 5) is 2.61. The molecule has 0 radical (unpaired) electrons. The van der Waals surface area contributed by atoms with Crippen LogP contribution in [0.1, 0.15) is 18.4 Å². The van der Waals surface area contributed by atoms with Crippen molar-refractivity contribution in [3.8, 4) is 0 Å². The van der Waals surface area contributed by atoms with Crippen LogP contribution in [0.4, 0.5) is 0 Å². The summed E-state index contributed by atoms with van der Waals surface area (Å²) in [7, 11) is 0. The van der Waals surface area contributed by atoms with Crippen LogP contribution < -0.4 is 5.32 Å². The lowest BCUT2D eigenvalue weighted by atomic mass is 10.2. The fourth-order valence-corrected chi connectivity index (χ4v) is 3.44. The number of rotatable bonds is 5. The quantitative estimate of drug-likeness (QED) is 0.839. The molecule has 0 atom stereocenters. The molecule has 0 saturated heterocycles. The van der Waals surface area contributed by atoms with Crippen molar-refractivity contribution in [3.63, 3.8) is 0 Å². The lowest BCUT2D eigenvalue weighted by molar-refractivity contribution is 0.680. The van der Waals surface area contributed by atoms with Gasteiger partial charge in [0.05, 0.1) is 0 Å². The van der Waals surface area contributed by atoms with Gasteiger partial charge in [0, 0.05) is 26.9 Å². The summed E-state index contributed by atoms with van der Waals surface area (Å²) in [5.74, 6) is 0. The van der Waals surface area contributed by atoms with Gasteiger partial charge in [0.2, 0.25) is 0 Å². The molecule has 0 aromatic heterocycles. The second-order valence-corrected chi connectivity index (χ2v) is 6.85. The van der Waals surface area contributed by atoms with Crippen LogP contribution >= 0.6 is 27.7 Å². The number of benzene rings is 2. The van der Waals surface area contributed by atoms with Gasteiger partial charge >= 0.3 is 0 Å². The Balaban J connectivity index is 1.78. The molecule has 2 aromatic carbocycles. The molecule has 1 aliphatic rings. The summed E-state index contributed by atoms with van der Waals surface area (Å²) < 4.78 is 1.14. The predicted octanol–water partition coefficient (Wildman–Crippen LogP) is 4.85. The van der Waals surface area contributed by atoms with E-state index in [9.17, 15) is 0 Å². The molecular formula is C16H16BrNS. The van der Waals surface area contributed by atoms with Gasteiger partial charge in [-0.2, -0.15) is 0 Å². The van der Waals surface area contributed by atoms with E-state index < -0.39 is 0 Å².